The van der Waals surface area contributed by atoms with Crippen molar-refractivity contribution in [3.05, 3.63) is 65.1 Å². The van der Waals surface area contributed by atoms with E-state index < -0.39 is 0 Å². The molecule has 0 unspecified atom stereocenters. The number of hydrogen-bond acceptors (Lipinski definition) is 4. The Kier molecular flexibility index (Phi) is 5.02. The number of rotatable bonds is 5. The Morgan fingerprint density at radius 2 is 1.88 bits per heavy atom. The fourth-order valence-electron chi connectivity index (χ4n) is 2.84. The number of anilines is 1. The van der Waals surface area contributed by atoms with Crippen LogP contribution in [-0.4, -0.2) is 27.9 Å². The average Bonchev–Trinajstić information content (AvgIpc) is 2.93. The van der Waals surface area contributed by atoms with Crippen molar-refractivity contribution in [1.82, 2.24) is 9.38 Å². The molecular formula is C20H21N3O3. The number of imidazole rings is 1. The zero-order valence-corrected chi connectivity index (χ0v) is 15.1. The van der Waals surface area contributed by atoms with Gasteiger partial charge in [-0.2, -0.15) is 0 Å². The molecule has 1 aromatic carbocycles. The van der Waals surface area contributed by atoms with Crippen LogP contribution in [0.5, 0.6) is 0 Å². The molecule has 0 aliphatic carbocycles. The van der Waals surface area contributed by atoms with Crippen molar-refractivity contribution < 1.29 is 14.3 Å². The van der Waals surface area contributed by atoms with E-state index in [1.165, 1.54) is 0 Å². The molecule has 26 heavy (non-hydrogen) atoms. The van der Waals surface area contributed by atoms with Crippen LogP contribution in [0, 0.1) is 13.8 Å². The SMILES string of the molecule is CCOC(=O)c1ccc(NC(=O)Cc2c(C)nc3c(C)cccn23)cc1. The lowest BCUT2D eigenvalue weighted by Crippen LogP contribution is -2.16. The van der Waals surface area contributed by atoms with E-state index in [4.69, 9.17) is 4.74 Å². The van der Waals surface area contributed by atoms with Gasteiger partial charge in [0.25, 0.3) is 0 Å². The molecule has 0 radical (unpaired) electrons. The van der Waals surface area contributed by atoms with E-state index in [0.29, 0.717) is 17.9 Å². The molecule has 134 valence electrons. The predicted octanol–water partition coefficient (Wildman–Crippen LogP) is 3.31. The van der Waals surface area contributed by atoms with Crippen LogP contribution in [0.4, 0.5) is 5.69 Å². The van der Waals surface area contributed by atoms with Gasteiger partial charge in [-0.1, -0.05) is 6.07 Å². The van der Waals surface area contributed by atoms with Crippen LogP contribution in [0.1, 0.15) is 34.2 Å². The van der Waals surface area contributed by atoms with Gasteiger partial charge in [0.05, 0.1) is 30.0 Å². The smallest absolute Gasteiger partial charge is 0.338 e. The molecule has 0 bridgehead atoms. The van der Waals surface area contributed by atoms with Gasteiger partial charge in [0.1, 0.15) is 5.65 Å². The molecule has 1 amide bonds. The number of esters is 1. The summed E-state index contributed by atoms with van der Waals surface area (Å²) in [5, 5.41) is 2.85. The highest BCUT2D eigenvalue weighted by molar-refractivity contribution is 5.94. The van der Waals surface area contributed by atoms with Crippen LogP contribution in [0.15, 0.2) is 42.6 Å². The summed E-state index contributed by atoms with van der Waals surface area (Å²) in [4.78, 5) is 28.7. The predicted molar refractivity (Wildman–Crippen MR) is 99.4 cm³/mol. The summed E-state index contributed by atoms with van der Waals surface area (Å²) in [6.45, 7) is 5.99. The highest BCUT2D eigenvalue weighted by atomic mass is 16.5. The lowest BCUT2D eigenvalue weighted by molar-refractivity contribution is -0.115. The molecule has 6 heteroatoms. The normalized spacial score (nSPS) is 10.7. The monoisotopic (exact) mass is 351 g/mol. The molecule has 0 fully saturated rings. The van der Waals surface area contributed by atoms with Crippen molar-refractivity contribution in [2.24, 2.45) is 0 Å². The Hall–Kier alpha value is -3.15. The maximum Gasteiger partial charge on any atom is 0.338 e. The fraction of sp³-hybridized carbons (Fsp3) is 0.250. The third kappa shape index (κ3) is 3.59. The lowest BCUT2D eigenvalue weighted by atomic mass is 10.2. The summed E-state index contributed by atoms with van der Waals surface area (Å²) in [5.74, 6) is -0.512. The van der Waals surface area contributed by atoms with E-state index >= 15 is 0 Å². The van der Waals surface area contributed by atoms with E-state index in [9.17, 15) is 9.59 Å². The maximum atomic E-state index is 12.4. The zero-order valence-electron chi connectivity index (χ0n) is 15.1. The molecule has 0 spiro atoms. The van der Waals surface area contributed by atoms with Gasteiger partial charge in [-0.15, -0.1) is 0 Å². The Balaban J connectivity index is 1.73. The number of carbonyl (C=O) groups excluding carboxylic acids is 2. The topological polar surface area (TPSA) is 72.7 Å². The van der Waals surface area contributed by atoms with Crippen molar-refractivity contribution in [2.75, 3.05) is 11.9 Å². The Labute approximate surface area is 151 Å². The maximum absolute atomic E-state index is 12.4. The van der Waals surface area contributed by atoms with Gasteiger partial charge < -0.3 is 14.5 Å². The number of aromatic nitrogens is 2. The number of ether oxygens (including phenoxy) is 1. The standard InChI is InChI=1S/C20H21N3O3/c1-4-26-20(25)15-7-9-16(10-8-15)22-18(24)12-17-14(3)21-19-13(2)6-5-11-23(17)19/h5-11H,4,12H2,1-3H3,(H,22,24). The molecule has 0 saturated carbocycles. The second kappa shape index (κ2) is 7.39. The zero-order chi connectivity index (χ0) is 18.7. The number of fused-ring (bicyclic) bond motifs is 1. The minimum absolute atomic E-state index is 0.139. The molecule has 3 aromatic rings. The number of nitrogens with one attached hydrogen (secondary N) is 1. The number of amides is 1. The van der Waals surface area contributed by atoms with Crippen LogP contribution < -0.4 is 5.32 Å². The van der Waals surface area contributed by atoms with Crippen molar-refractivity contribution in [3.63, 3.8) is 0 Å². The quantitative estimate of drug-likeness (QED) is 0.716. The van der Waals surface area contributed by atoms with Gasteiger partial charge in [0.15, 0.2) is 0 Å². The fourth-order valence-corrected chi connectivity index (χ4v) is 2.84. The molecular weight excluding hydrogens is 330 g/mol. The Morgan fingerprint density at radius 3 is 2.58 bits per heavy atom. The third-order valence-corrected chi connectivity index (χ3v) is 4.15. The number of aryl methyl sites for hydroxylation is 2. The van der Waals surface area contributed by atoms with E-state index in [0.717, 1.165) is 22.6 Å². The van der Waals surface area contributed by atoms with Crippen LogP contribution in [0.3, 0.4) is 0 Å². The van der Waals surface area contributed by atoms with E-state index in [2.05, 4.69) is 10.3 Å². The molecule has 0 aliphatic rings. The summed E-state index contributed by atoms with van der Waals surface area (Å²) in [5.41, 5.74) is 4.73. The molecule has 0 saturated heterocycles. The second-order valence-electron chi connectivity index (χ2n) is 6.05. The number of nitrogens with zero attached hydrogens (tertiary/aromatic N) is 2. The molecule has 3 rings (SSSR count). The molecule has 6 nitrogen and oxygen atoms in total. The van der Waals surface area contributed by atoms with Crippen molar-refractivity contribution >= 4 is 23.2 Å². The number of hydrogen-bond donors (Lipinski definition) is 1. The van der Waals surface area contributed by atoms with E-state index in [-0.39, 0.29) is 18.3 Å². The van der Waals surface area contributed by atoms with Gasteiger partial charge in [-0.05, 0) is 56.7 Å². The Bertz CT molecular complexity index is 958. The number of carbonyl (C=O) groups is 2. The average molecular weight is 351 g/mol. The summed E-state index contributed by atoms with van der Waals surface area (Å²) in [6.07, 6.45) is 2.13. The summed E-state index contributed by atoms with van der Waals surface area (Å²) < 4.78 is 6.90. The van der Waals surface area contributed by atoms with Gasteiger partial charge in [-0.3, -0.25) is 4.79 Å². The Morgan fingerprint density at radius 1 is 1.15 bits per heavy atom. The molecule has 0 aliphatic heterocycles. The van der Waals surface area contributed by atoms with Gasteiger partial charge in [0, 0.05) is 11.9 Å². The highest BCUT2D eigenvalue weighted by Crippen LogP contribution is 2.17. The van der Waals surface area contributed by atoms with E-state index in [1.54, 1.807) is 31.2 Å². The first kappa shape index (κ1) is 17.7. The number of benzene rings is 1. The first-order valence-electron chi connectivity index (χ1n) is 8.49. The van der Waals surface area contributed by atoms with Gasteiger partial charge in [0.2, 0.25) is 5.91 Å². The van der Waals surface area contributed by atoms with Gasteiger partial charge in [-0.25, -0.2) is 9.78 Å². The van der Waals surface area contributed by atoms with Crippen molar-refractivity contribution in [2.45, 2.75) is 27.2 Å². The van der Waals surface area contributed by atoms with Crippen molar-refractivity contribution in [3.8, 4) is 0 Å². The molecule has 2 aromatic heterocycles. The van der Waals surface area contributed by atoms with Crippen LogP contribution in [0.2, 0.25) is 0 Å². The lowest BCUT2D eigenvalue weighted by Gasteiger charge is -2.07. The minimum Gasteiger partial charge on any atom is -0.462 e. The van der Waals surface area contributed by atoms with Crippen LogP contribution >= 0.6 is 0 Å². The minimum atomic E-state index is -0.373. The molecule has 1 N–H and O–H groups in total. The second-order valence-corrected chi connectivity index (χ2v) is 6.05. The molecule has 0 atom stereocenters. The highest BCUT2D eigenvalue weighted by Gasteiger charge is 2.14. The van der Waals surface area contributed by atoms with Crippen LogP contribution in [-0.2, 0) is 16.0 Å². The van der Waals surface area contributed by atoms with Crippen LogP contribution in [0.25, 0.3) is 5.65 Å². The first-order valence-corrected chi connectivity index (χ1v) is 8.49. The summed E-state index contributed by atoms with van der Waals surface area (Å²) >= 11 is 0. The van der Waals surface area contributed by atoms with Gasteiger partial charge >= 0.3 is 5.97 Å². The molecule has 2 heterocycles. The largest absolute Gasteiger partial charge is 0.462 e. The van der Waals surface area contributed by atoms with Crippen molar-refractivity contribution in [1.29, 1.82) is 0 Å². The summed E-state index contributed by atoms with van der Waals surface area (Å²) in [7, 11) is 0. The third-order valence-electron chi connectivity index (χ3n) is 4.15. The summed E-state index contributed by atoms with van der Waals surface area (Å²) in [6, 6.07) is 10.6. The first-order chi connectivity index (χ1) is 12.5. The number of pyridine rings is 1. The van der Waals surface area contributed by atoms with E-state index in [1.807, 2.05) is 36.6 Å².